The van der Waals surface area contributed by atoms with Gasteiger partial charge < -0.3 is 20.1 Å². The van der Waals surface area contributed by atoms with Gasteiger partial charge in [0.1, 0.15) is 18.1 Å². The largest absolute Gasteiger partial charge is 0.496 e. The molecule has 0 atom stereocenters. The number of carbonyl (C=O) groups excluding carboxylic acids is 2. The SMILES string of the molecule is C=C/C(=C\SC)n1nc(C(=O)NCCCNC(C)=O)c2c1-c1cc(C=C(C)C)c(OC)cc1OC2. The molecule has 0 spiro atoms. The first-order valence-corrected chi connectivity index (χ1v) is 12.6. The molecule has 3 rings (SSSR count). The summed E-state index contributed by atoms with van der Waals surface area (Å²) < 4.78 is 13.4. The quantitative estimate of drug-likeness (QED) is 0.372. The number of fused-ring (bicyclic) bond motifs is 3. The predicted molar refractivity (Wildman–Crippen MR) is 141 cm³/mol. The van der Waals surface area contributed by atoms with E-state index in [0.717, 1.165) is 28.1 Å². The van der Waals surface area contributed by atoms with Crippen LogP contribution in [0.15, 0.2) is 35.8 Å². The van der Waals surface area contributed by atoms with E-state index in [1.54, 1.807) is 17.9 Å². The van der Waals surface area contributed by atoms with E-state index in [1.165, 1.54) is 18.7 Å². The molecule has 1 aromatic carbocycles. The van der Waals surface area contributed by atoms with Crippen molar-refractivity contribution in [1.29, 1.82) is 0 Å². The molecule has 1 aromatic heterocycles. The van der Waals surface area contributed by atoms with Crippen molar-refractivity contribution in [3.8, 4) is 22.8 Å². The lowest BCUT2D eigenvalue weighted by Crippen LogP contribution is -2.29. The van der Waals surface area contributed by atoms with Crippen LogP contribution in [0.25, 0.3) is 23.0 Å². The summed E-state index contributed by atoms with van der Waals surface area (Å²) in [5.74, 6) is 0.985. The second-order valence-corrected chi connectivity index (χ2v) is 8.97. The predicted octanol–water partition coefficient (Wildman–Crippen LogP) is 4.48. The molecule has 35 heavy (non-hydrogen) atoms. The van der Waals surface area contributed by atoms with Crippen molar-refractivity contribution in [2.24, 2.45) is 0 Å². The summed E-state index contributed by atoms with van der Waals surface area (Å²) in [6.07, 6.45) is 6.33. The minimum Gasteiger partial charge on any atom is -0.496 e. The maximum atomic E-state index is 13.1. The Labute approximate surface area is 210 Å². The van der Waals surface area contributed by atoms with Gasteiger partial charge in [-0.1, -0.05) is 18.2 Å². The molecule has 2 amide bonds. The molecule has 9 heteroatoms. The highest BCUT2D eigenvalue weighted by molar-refractivity contribution is 8.01. The molecular weight excluding hydrogens is 464 g/mol. The maximum absolute atomic E-state index is 13.1. The lowest BCUT2D eigenvalue weighted by molar-refractivity contribution is -0.118. The van der Waals surface area contributed by atoms with Crippen LogP contribution in [0.3, 0.4) is 0 Å². The van der Waals surface area contributed by atoms with Gasteiger partial charge in [0.25, 0.3) is 5.91 Å². The van der Waals surface area contributed by atoms with Gasteiger partial charge in [0.2, 0.25) is 5.91 Å². The van der Waals surface area contributed by atoms with Crippen LogP contribution in [0, 0.1) is 0 Å². The molecule has 0 saturated carbocycles. The van der Waals surface area contributed by atoms with Crippen molar-refractivity contribution in [3.63, 3.8) is 0 Å². The van der Waals surface area contributed by atoms with Crippen LogP contribution in [-0.4, -0.2) is 48.0 Å². The smallest absolute Gasteiger partial charge is 0.272 e. The van der Waals surface area contributed by atoms with Crippen molar-refractivity contribution in [3.05, 3.63) is 52.6 Å². The van der Waals surface area contributed by atoms with E-state index in [2.05, 4.69) is 17.2 Å². The highest BCUT2D eigenvalue weighted by Crippen LogP contribution is 2.44. The highest BCUT2D eigenvalue weighted by atomic mass is 32.2. The van der Waals surface area contributed by atoms with Gasteiger partial charge in [0.15, 0.2) is 5.69 Å². The number of thioether (sulfide) groups is 1. The molecule has 0 aliphatic carbocycles. The van der Waals surface area contributed by atoms with Gasteiger partial charge >= 0.3 is 0 Å². The molecule has 186 valence electrons. The lowest BCUT2D eigenvalue weighted by Gasteiger charge is -2.22. The molecule has 2 aromatic rings. The monoisotopic (exact) mass is 496 g/mol. The summed E-state index contributed by atoms with van der Waals surface area (Å²) in [4.78, 5) is 24.2. The van der Waals surface area contributed by atoms with Gasteiger partial charge in [0, 0.05) is 42.8 Å². The molecule has 2 heterocycles. The third kappa shape index (κ3) is 5.97. The normalized spacial score (nSPS) is 12.1. The van der Waals surface area contributed by atoms with Crippen LogP contribution >= 0.6 is 11.8 Å². The number of ether oxygens (including phenoxy) is 2. The summed E-state index contributed by atoms with van der Waals surface area (Å²) >= 11 is 1.53. The molecule has 2 N–H and O–H groups in total. The molecule has 1 aliphatic heterocycles. The van der Waals surface area contributed by atoms with Crippen LogP contribution in [-0.2, 0) is 11.4 Å². The Morgan fingerprint density at radius 2 is 2.00 bits per heavy atom. The Morgan fingerprint density at radius 3 is 2.63 bits per heavy atom. The fourth-order valence-corrected chi connectivity index (χ4v) is 4.25. The minimum absolute atomic E-state index is 0.0957. The number of hydrogen-bond acceptors (Lipinski definition) is 6. The topological polar surface area (TPSA) is 94.5 Å². The van der Waals surface area contributed by atoms with E-state index in [-0.39, 0.29) is 18.4 Å². The molecule has 1 aliphatic rings. The molecule has 0 fully saturated rings. The molecule has 0 saturated heterocycles. The van der Waals surface area contributed by atoms with Crippen molar-refractivity contribution in [1.82, 2.24) is 20.4 Å². The van der Waals surface area contributed by atoms with Gasteiger partial charge in [-0.3, -0.25) is 9.59 Å². The number of hydrogen-bond donors (Lipinski definition) is 2. The van der Waals surface area contributed by atoms with E-state index in [4.69, 9.17) is 14.6 Å². The van der Waals surface area contributed by atoms with Crippen LogP contribution in [0.5, 0.6) is 11.5 Å². The number of allylic oxidation sites excluding steroid dienone is 3. The summed E-state index contributed by atoms with van der Waals surface area (Å²) in [6.45, 7) is 10.6. The standard InChI is InChI=1S/C26H32N4O4S/c1-7-19(15-35-6)30-25-20-12-18(11-16(2)3)22(33-5)13-23(20)34-14-21(25)24(29-30)26(32)28-10-8-9-27-17(4)31/h7,11-13,15H,1,8-10,14H2,2-6H3,(H,27,31)(H,28,32)/b19-15+. The van der Waals surface area contributed by atoms with Gasteiger partial charge in [-0.05, 0) is 44.1 Å². The lowest BCUT2D eigenvalue weighted by atomic mass is 9.98. The highest BCUT2D eigenvalue weighted by Gasteiger charge is 2.31. The van der Waals surface area contributed by atoms with Gasteiger partial charge in [-0.25, -0.2) is 4.68 Å². The number of methoxy groups -OCH3 is 1. The number of rotatable bonds is 10. The summed E-state index contributed by atoms with van der Waals surface area (Å²) in [6, 6.07) is 3.88. The first-order valence-electron chi connectivity index (χ1n) is 11.3. The third-order valence-electron chi connectivity index (χ3n) is 5.31. The summed E-state index contributed by atoms with van der Waals surface area (Å²) in [5.41, 5.74) is 5.42. The number of nitrogens with zero attached hydrogens (tertiary/aromatic N) is 2. The van der Waals surface area contributed by atoms with E-state index in [0.29, 0.717) is 42.3 Å². The van der Waals surface area contributed by atoms with Crippen molar-refractivity contribution in [2.45, 2.75) is 33.8 Å². The number of amides is 2. The average Bonchev–Trinajstić information content (AvgIpc) is 3.21. The minimum atomic E-state index is -0.291. The first kappa shape index (κ1) is 26.2. The maximum Gasteiger partial charge on any atom is 0.272 e. The zero-order valence-electron chi connectivity index (χ0n) is 20.9. The molecular formula is C26H32N4O4S. The molecule has 0 unspecified atom stereocenters. The number of benzene rings is 1. The zero-order chi connectivity index (χ0) is 25.5. The third-order valence-corrected chi connectivity index (χ3v) is 5.78. The van der Waals surface area contributed by atoms with Gasteiger partial charge in [-0.2, -0.15) is 5.10 Å². The summed E-state index contributed by atoms with van der Waals surface area (Å²) in [7, 11) is 1.63. The van der Waals surface area contributed by atoms with Crippen molar-refractivity contribution < 1.29 is 19.1 Å². The van der Waals surface area contributed by atoms with Gasteiger partial charge in [-0.15, -0.1) is 11.8 Å². The zero-order valence-corrected chi connectivity index (χ0v) is 21.7. The van der Waals surface area contributed by atoms with E-state index in [9.17, 15) is 9.59 Å². The Bertz CT molecular complexity index is 1190. The second-order valence-electron chi connectivity index (χ2n) is 8.26. The summed E-state index contributed by atoms with van der Waals surface area (Å²) in [5, 5.41) is 12.3. The van der Waals surface area contributed by atoms with E-state index < -0.39 is 0 Å². The van der Waals surface area contributed by atoms with E-state index >= 15 is 0 Å². The number of carbonyl (C=O) groups is 2. The van der Waals surface area contributed by atoms with Crippen LogP contribution in [0.4, 0.5) is 0 Å². The van der Waals surface area contributed by atoms with Gasteiger partial charge in [0.05, 0.1) is 18.5 Å². The van der Waals surface area contributed by atoms with Crippen molar-refractivity contribution in [2.75, 3.05) is 26.5 Å². The van der Waals surface area contributed by atoms with E-state index in [1.807, 2.05) is 43.7 Å². The fraction of sp³-hybridized carbons (Fsp3) is 0.346. The van der Waals surface area contributed by atoms with Crippen molar-refractivity contribution >= 4 is 35.3 Å². The molecule has 0 radical (unpaired) electrons. The first-order chi connectivity index (χ1) is 16.8. The Balaban J connectivity index is 2.08. The number of nitrogens with one attached hydrogen (secondary N) is 2. The Hall–Kier alpha value is -3.46. The average molecular weight is 497 g/mol. The second kappa shape index (κ2) is 11.8. The van der Waals surface area contributed by atoms with Crippen LogP contribution in [0.1, 0.15) is 48.8 Å². The molecule has 8 nitrogen and oxygen atoms in total. The fourth-order valence-electron chi connectivity index (χ4n) is 3.81. The Morgan fingerprint density at radius 1 is 1.26 bits per heavy atom. The van der Waals surface area contributed by atoms with Crippen LogP contribution in [0.2, 0.25) is 0 Å². The number of aromatic nitrogens is 2. The Kier molecular flexibility index (Phi) is 8.81. The molecule has 0 bridgehead atoms. The van der Waals surface area contributed by atoms with Crippen LogP contribution < -0.4 is 20.1 Å².